The molecule has 0 aromatic rings. The average Bonchev–Trinajstić information content (AvgIpc) is 1.63. The van der Waals surface area contributed by atoms with Crippen LogP contribution in [-0.4, -0.2) is 30.4 Å². The fourth-order valence-corrected chi connectivity index (χ4v) is 0.643. The molecule has 0 heterocycles. The van der Waals surface area contributed by atoms with Gasteiger partial charge in [0.15, 0.2) is 0 Å². The number of rotatable bonds is 3. The van der Waals surface area contributed by atoms with Gasteiger partial charge >= 0.3 is 29.6 Å². The van der Waals surface area contributed by atoms with Crippen molar-refractivity contribution in [2.75, 3.05) is 12.4 Å². The Morgan fingerprint density at radius 1 is 1.40 bits per heavy atom. The van der Waals surface area contributed by atoms with Crippen molar-refractivity contribution in [3.05, 3.63) is 12.2 Å². The van der Waals surface area contributed by atoms with Crippen molar-refractivity contribution >= 4 is 10.1 Å². The third kappa shape index (κ3) is 11.4. The van der Waals surface area contributed by atoms with Crippen molar-refractivity contribution < 1.29 is 49.1 Å². The van der Waals surface area contributed by atoms with Crippen LogP contribution in [-0.2, 0) is 10.1 Å². The summed E-state index contributed by atoms with van der Waals surface area (Å²) in [6.45, 7) is -0.213. The number of aliphatic hydroxyl groups is 1. The van der Waals surface area contributed by atoms with E-state index in [1.807, 2.05) is 0 Å². The number of aliphatic hydroxyl groups excluding tert-OH is 1. The van der Waals surface area contributed by atoms with Crippen molar-refractivity contribution in [2.24, 2.45) is 0 Å². The summed E-state index contributed by atoms with van der Waals surface area (Å²) >= 11 is 0. The predicted octanol–water partition coefficient (Wildman–Crippen LogP) is -3.46. The first-order valence-corrected chi connectivity index (χ1v) is 3.88. The van der Waals surface area contributed by atoms with Crippen LogP contribution in [0.25, 0.3) is 0 Å². The van der Waals surface area contributed by atoms with Crippen molar-refractivity contribution in [1.29, 1.82) is 0 Å². The second-order valence-electron chi connectivity index (χ2n) is 1.40. The molecule has 0 aliphatic rings. The predicted molar refractivity (Wildman–Crippen MR) is 33.8 cm³/mol. The topological polar surface area (TPSA) is 74.6 Å². The normalized spacial score (nSPS) is 11.4. The second kappa shape index (κ2) is 6.33. The molecule has 4 nitrogen and oxygen atoms in total. The molecule has 10 heavy (non-hydrogen) atoms. The van der Waals surface area contributed by atoms with E-state index in [-0.39, 0.29) is 37.6 Å². The molecule has 0 aromatic heterocycles. The second-order valence-corrected chi connectivity index (χ2v) is 2.90. The average molecular weight is 176 g/mol. The van der Waals surface area contributed by atoms with Crippen LogP contribution < -0.4 is 29.6 Å². The Balaban J connectivity index is -0.000000320. The SMILES string of the molecule is O=S(=O)(O)CC=CCO.[H-].[Na+]. The quantitative estimate of drug-likeness (QED) is 0.266. The molecule has 0 aliphatic heterocycles. The van der Waals surface area contributed by atoms with Crippen molar-refractivity contribution in [2.45, 2.75) is 0 Å². The fourth-order valence-electron chi connectivity index (χ4n) is 0.264. The van der Waals surface area contributed by atoms with Crippen LogP contribution >= 0.6 is 0 Å². The minimum absolute atomic E-state index is 0. The van der Waals surface area contributed by atoms with Gasteiger partial charge in [0.05, 0.1) is 12.4 Å². The van der Waals surface area contributed by atoms with Gasteiger partial charge in [-0.2, -0.15) is 8.42 Å². The summed E-state index contributed by atoms with van der Waals surface area (Å²) in [5.41, 5.74) is 0. The Morgan fingerprint density at radius 2 is 1.90 bits per heavy atom. The van der Waals surface area contributed by atoms with Gasteiger partial charge < -0.3 is 6.53 Å². The molecule has 0 bridgehead atoms. The summed E-state index contributed by atoms with van der Waals surface area (Å²) in [5, 5.41) is 8.10. The van der Waals surface area contributed by atoms with E-state index < -0.39 is 15.9 Å². The van der Waals surface area contributed by atoms with Crippen LogP contribution in [0, 0.1) is 0 Å². The van der Waals surface area contributed by atoms with Crippen molar-refractivity contribution in [3.63, 3.8) is 0 Å². The third-order valence-electron chi connectivity index (χ3n) is 0.579. The zero-order valence-electron chi connectivity index (χ0n) is 6.69. The smallest absolute Gasteiger partial charge is 1.00 e. The van der Waals surface area contributed by atoms with E-state index in [9.17, 15) is 8.42 Å². The van der Waals surface area contributed by atoms with E-state index in [0.717, 1.165) is 0 Å². The molecule has 56 valence electrons. The maximum absolute atomic E-state index is 9.93. The number of hydrogen-bond acceptors (Lipinski definition) is 3. The van der Waals surface area contributed by atoms with Crippen LogP contribution in [0.2, 0.25) is 0 Å². The molecule has 6 heteroatoms. The van der Waals surface area contributed by atoms with Gasteiger partial charge in [-0.15, -0.1) is 0 Å². The van der Waals surface area contributed by atoms with Crippen LogP contribution in [0.15, 0.2) is 12.2 Å². The molecule has 0 amide bonds. The standard InChI is InChI=1S/C4H8O4S.Na.H/c5-3-1-2-4-9(6,7)8;;/h1-2,5H,3-4H2,(H,6,7,8);;/q;+1;-1. The zero-order valence-corrected chi connectivity index (χ0v) is 8.50. The molecule has 0 aromatic carbocycles. The molecule has 0 fully saturated rings. The molecule has 0 unspecified atom stereocenters. The Labute approximate surface area is 83.5 Å². The van der Waals surface area contributed by atoms with Gasteiger partial charge in [0.2, 0.25) is 0 Å². The Hall–Kier alpha value is 0.610. The summed E-state index contributed by atoms with van der Waals surface area (Å²) in [6, 6.07) is 0. The molecule has 0 spiro atoms. The molecule has 0 radical (unpaired) electrons. The fraction of sp³-hybridized carbons (Fsp3) is 0.500. The summed E-state index contributed by atoms with van der Waals surface area (Å²) in [6.07, 6.45) is 2.42. The molecule has 0 atom stereocenters. The summed E-state index contributed by atoms with van der Waals surface area (Å²) in [7, 11) is -3.89. The van der Waals surface area contributed by atoms with Crippen molar-refractivity contribution in [3.8, 4) is 0 Å². The van der Waals surface area contributed by atoms with Crippen LogP contribution in [0.3, 0.4) is 0 Å². The van der Waals surface area contributed by atoms with E-state index in [0.29, 0.717) is 0 Å². The third-order valence-corrected chi connectivity index (χ3v) is 1.19. The van der Waals surface area contributed by atoms with Gasteiger partial charge in [-0.05, 0) is 0 Å². The molecule has 0 saturated heterocycles. The monoisotopic (exact) mass is 176 g/mol. The minimum Gasteiger partial charge on any atom is -1.00 e. The van der Waals surface area contributed by atoms with Crippen LogP contribution in [0.5, 0.6) is 0 Å². The molecular weight excluding hydrogens is 167 g/mol. The molecule has 0 rings (SSSR count). The van der Waals surface area contributed by atoms with Gasteiger partial charge in [0.25, 0.3) is 10.1 Å². The van der Waals surface area contributed by atoms with Crippen LogP contribution in [0.4, 0.5) is 0 Å². The molecule has 0 saturated carbocycles. The van der Waals surface area contributed by atoms with Gasteiger partial charge in [-0.1, -0.05) is 12.2 Å². The van der Waals surface area contributed by atoms with E-state index in [1.54, 1.807) is 0 Å². The first kappa shape index (κ1) is 13.2. The van der Waals surface area contributed by atoms with Crippen molar-refractivity contribution in [1.82, 2.24) is 0 Å². The maximum Gasteiger partial charge on any atom is 1.00 e. The van der Waals surface area contributed by atoms with E-state index in [1.165, 1.54) is 12.2 Å². The molecular formula is C4H9NaO4S. The molecule has 2 N–H and O–H groups in total. The van der Waals surface area contributed by atoms with Gasteiger partial charge in [0.1, 0.15) is 0 Å². The van der Waals surface area contributed by atoms with Gasteiger partial charge in [-0.3, -0.25) is 4.55 Å². The Kier molecular flexibility index (Phi) is 8.36. The first-order chi connectivity index (χ1) is 4.06. The largest absolute Gasteiger partial charge is 1.00 e. The zero-order chi connectivity index (χ0) is 7.33. The maximum atomic E-state index is 9.93. The van der Waals surface area contributed by atoms with E-state index in [4.69, 9.17) is 9.66 Å². The van der Waals surface area contributed by atoms with Crippen LogP contribution in [0.1, 0.15) is 1.43 Å². The first-order valence-electron chi connectivity index (χ1n) is 2.27. The molecule has 0 aliphatic carbocycles. The summed E-state index contributed by atoms with van der Waals surface area (Å²) < 4.78 is 27.9. The Morgan fingerprint density at radius 3 is 2.20 bits per heavy atom. The number of hydrogen-bond donors (Lipinski definition) is 2. The minimum atomic E-state index is -3.89. The summed E-state index contributed by atoms with van der Waals surface area (Å²) in [5.74, 6) is -0.437. The van der Waals surface area contributed by atoms with Gasteiger partial charge in [0, 0.05) is 0 Å². The van der Waals surface area contributed by atoms with Gasteiger partial charge in [-0.25, -0.2) is 0 Å². The summed E-state index contributed by atoms with van der Waals surface area (Å²) in [4.78, 5) is 0. The Bertz CT molecular complexity index is 188. The van der Waals surface area contributed by atoms with E-state index in [2.05, 4.69) is 0 Å². The van der Waals surface area contributed by atoms with E-state index >= 15 is 0 Å².